The van der Waals surface area contributed by atoms with Gasteiger partial charge in [-0.2, -0.15) is 0 Å². The molecule has 0 unspecified atom stereocenters. The molecule has 0 atom stereocenters. The van der Waals surface area contributed by atoms with Gasteiger partial charge in [-0.1, -0.05) is 6.92 Å². The predicted octanol–water partition coefficient (Wildman–Crippen LogP) is 2.21. The fourth-order valence-electron chi connectivity index (χ4n) is 1.19. The molecule has 1 rings (SSSR count). The Bertz CT molecular complexity index is 212. The highest BCUT2D eigenvalue weighted by Crippen LogP contribution is 2.21. The van der Waals surface area contributed by atoms with Gasteiger partial charge in [0, 0.05) is 19.0 Å². The Labute approximate surface area is 84.2 Å². The van der Waals surface area contributed by atoms with Gasteiger partial charge in [-0.15, -0.1) is 0 Å². The number of hydrogen-bond donors (Lipinski definition) is 0. The summed E-state index contributed by atoms with van der Waals surface area (Å²) in [6, 6.07) is 0. The minimum atomic E-state index is -0.419. The zero-order valence-electron chi connectivity index (χ0n) is 9.05. The monoisotopic (exact) mass is 203 g/mol. The van der Waals surface area contributed by atoms with Crippen molar-refractivity contribution in [1.82, 2.24) is 4.90 Å². The summed E-state index contributed by atoms with van der Waals surface area (Å²) in [6.07, 6.45) is 0.459. The standard InChI is InChI=1S/C10H18FNO2/c1-4-10(2,3)14-9(13)12-6-8(5-11)7-12/h8H,4-7H2,1-3H3. The lowest BCUT2D eigenvalue weighted by molar-refractivity contribution is -0.0140. The second kappa shape index (κ2) is 4.15. The lowest BCUT2D eigenvalue weighted by atomic mass is 10.0. The highest BCUT2D eigenvalue weighted by molar-refractivity contribution is 5.69. The van der Waals surface area contributed by atoms with E-state index in [2.05, 4.69) is 0 Å². The molecule has 0 saturated carbocycles. The lowest BCUT2D eigenvalue weighted by Crippen LogP contribution is -2.52. The quantitative estimate of drug-likeness (QED) is 0.703. The van der Waals surface area contributed by atoms with Gasteiger partial charge in [-0.25, -0.2) is 4.79 Å². The van der Waals surface area contributed by atoms with Crippen LogP contribution in [0.15, 0.2) is 0 Å². The predicted molar refractivity (Wildman–Crippen MR) is 51.9 cm³/mol. The van der Waals surface area contributed by atoms with Crippen LogP contribution < -0.4 is 0 Å². The van der Waals surface area contributed by atoms with Gasteiger partial charge >= 0.3 is 6.09 Å². The molecule has 0 aliphatic carbocycles. The molecule has 0 N–H and O–H groups in total. The summed E-state index contributed by atoms with van der Waals surface area (Å²) in [5, 5.41) is 0. The Kier molecular flexibility index (Phi) is 3.34. The summed E-state index contributed by atoms with van der Waals surface area (Å²) in [5.41, 5.74) is -0.419. The molecule has 82 valence electrons. The topological polar surface area (TPSA) is 29.5 Å². The van der Waals surface area contributed by atoms with Gasteiger partial charge in [-0.05, 0) is 20.3 Å². The number of likely N-dealkylation sites (tertiary alicyclic amines) is 1. The number of carbonyl (C=O) groups is 1. The molecule has 0 bridgehead atoms. The van der Waals surface area contributed by atoms with Crippen molar-refractivity contribution in [3.8, 4) is 0 Å². The molecule has 0 aromatic carbocycles. The highest BCUT2D eigenvalue weighted by Gasteiger charge is 2.34. The Morgan fingerprint density at radius 2 is 2.14 bits per heavy atom. The van der Waals surface area contributed by atoms with Gasteiger partial charge in [0.15, 0.2) is 0 Å². The van der Waals surface area contributed by atoms with Crippen LogP contribution in [0.25, 0.3) is 0 Å². The van der Waals surface area contributed by atoms with Gasteiger partial charge in [0.1, 0.15) is 5.60 Å². The van der Waals surface area contributed by atoms with E-state index in [-0.39, 0.29) is 18.7 Å². The fraction of sp³-hybridized carbons (Fsp3) is 0.900. The third-order valence-corrected chi connectivity index (χ3v) is 2.65. The Morgan fingerprint density at radius 3 is 2.57 bits per heavy atom. The van der Waals surface area contributed by atoms with Gasteiger partial charge in [0.25, 0.3) is 0 Å². The largest absolute Gasteiger partial charge is 0.443 e. The van der Waals surface area contributed by atoms with E-state index in [9.17, 15) is 9.18 Å². The second-order valence-electron chi connectivity index (χ2n) is 4.41. The number of carbonyl (C=O) groups excluding carboxylic acids is 1. The molecule has 4 heteroatoms. The number of ether oxygens (including phenoxy) is 1. The second-order valence-corrected chi connectivity index (χ2v) is 4.41. The minimum absolute atomic E-state index is 0.0206. The third kappa shape index (κ3) is 2.59. The van der Waals surface area contributed by atoms with Gasteiger partial charge < -0.3 is 9.64 Å². The molecule has 0 radical (unpaired) electrons. The molecule has 3 nitrogen and oxygen atoms in total. The van der Waals surface area contributed by atoms with Gasteiger partial charge in [0.05, 0.1) is 6.67 Å². The summed E-state index contributed by atoms with van der Waals surface area (Å²) in [6.45, 7) is 6.35. The van der Waals surface area contributed by atoms with Crippen LogP contribution in [0.2, 0.25) is 0 Å². The number of nitrogens with zero attached hydrogens (tertiary/aromatic N) is 1. The first-order chi connectivity index (χ1) is 6.48. The normalized spacial score (nSPS) is 17.9. The first kappa shape index (κ1) is 11.3. The summed E-state index contributed by atoms with van der Waals surface area (Å²) in [4.78, 5) is 13.0. The summed E-state index contributed by atoms with van der Waals surface area (Å²) in [5.74, 6) is 0.0206. The van der Waals surface area contributed by atoms with Crippen molar-refractivity contribution in [2.45, 2.75) is 32.8 Å². The first-order valence-corrected chi connectivity index (χ1v) is 5.02. The van der Waals surface area contributed by atoms with E-state index in [4.69, 9.17) is 4.74 Å². The SMILES string of the molecule is CCC(C)(C)OC(=O)N1CC(CF)C1. The number of alkyl halides is 1. The van der Waals surface area contributed by atoms with Crippen molar-refractivity contribution in [2.24, 2.45) is 5.92 Å². The highest BCUT2D eigenvalue weighted by atomic mass is 19.1. The summed E-state index contributed by atoms with van der Waals surface area (Å²) < 4.78 is 17.3. The van der Waals surface area contributed by atoms with E-state index in [1.54, 1.807) is 4.90 Å². The van der Waals surface area contributed by atoms with Crippen molar-refractivity contribution in [1.29, 1.82) is 0 Å². The van der Waals surface area contributed by atoms with Crippen LogP contribution in [0.3, 0.4) is 0 Å². The van der Waals surface area contributed by atoms with Gasteiger partial charge in [-0.3, -0.25) is 4.39 Å². The molecule has 0 spiro atoms. The van der Waals surface area contributed by atoms with Gasteiger partial charge in [0.2, 0.25) is 0 Å². The van der Waals surface area contributed by atoms with E-state index in [0.717, 1.165) is 6.42 Å². The maximum atomic E-state index is 12.1. The molecule has 1 fully saturated rings. The Hall–Kier alpha value is -0.800. The van der Waals surface area contributed by atoms with E-state index in [1.807, 2.05) is 20.8 Å². The maximum Gasteiger partial charge on any atom is 0.410 e. The number of amides is 1. The van der Waals surface area contributed by atoms with Crippen molar-refractivity contribution in [2.75, 3.05) is 19.8 Å². The summed E-state index contributed by atoms with van der Waals surface area (Å²) >= 11 is 0. The molecule has 1 heterocycles. The average Bonchev–Trinajstić information content (AvgIpc) is 2.01. The van der Waals surface area contributed by atoms with Crippen LogP contribution in [0, 0.1) is 5.92 Å². The molecular formula is C10H18FNO2. The fourth-order valence-corrected chi connectivity index (χ4v) is 1.19. The lowest BCUT2D eigenvalue weighted by Gasteiger charge is -2.38. The van der Waals surface area contributed by atoms with E-state index >= 15 is 0 Å². The van der Waals surface area contributed by atoms with Crippen molar-refractivity contribution in [3.63, 3.8) is 0 Å². The third-order valence-electron chi connectivity index (χ3n) is 2.65. The number of hydrogen-bond acceptors (Lipinski definition) is 2. The number of halogens is 1. The molecule has 1 aliphatic heterocycles. The molecular weight excluding hydrogens is 185 g/mol. The Morgan fingerprint density at radius 1 is 1.57 bits per heavy atom. The molecule has 1 aliphatic rings. The smallest absolute Gasteiger partial charge is 0.410 e. The van der Waals surface area contributed by atoms with Crippen LogP contribution in [0.4, 0.5) is 9.18 Å². The Balaban J connectivity index is 2.31. The average molecular weight is 203 g/mol. The minimum Gasteiger partial charge on any atom is -0.443 e. The van der Waals surface area contributed by atoms with E-state index in [1.165, 1.54) is 0 Å². The van der Waals surface area contributed by atoms with Crippen molar-refractivity contribution >= 4 is 6.09 Å². The van der Waals surface area contributed by atoms with Crippen LogP contribution in [-0.2, 0) is 4.74 Å². The molecule has 0 aromatic heterocycles. The zero-order chi connectivity index (χ0) is 10.8. The molecule has 0 aromatic rings. The number of rotatable bonds is 3. The van der Waals surface area contributed by atoms with Crippen molar-refractivity contribution < 1.29 is 13.9 Å². The maximum absolute atomic E-state index is 12.1. The van der Waals surface area contributed by atoms with Crippen LogP contribution in [0.1, 0.15) is 27.2 Å². The zero-order valence-corrected chi connectivity index (χ0v) is 9.05. The first-order valence-electron chi connectivity index (χ1n) is 5.02. The summed E-state index contributed by atoms with van der Waals surface area (Å²) in [7, 11) is 0. The van der Waals surface area contributed by atoms with E-state index < -0.39 is 5.60 Å². The molecule has 14 heavy (non-hydrogen) atoms. The van der Waals surface area contributed by atoms with E-state index in [0.29, 0.717) is 13.1 Å². The van der Waals surface area contributed by atoms with Crippen LogP contribution in [0.5, 0.6) is 0 Å². The van der Waals surface area contributed by atoms with Crippen molar-refractivity contribution in [3.05, 3.63) is 0 Å². The van der Waals surface area contributed by atoms with Crippen LogP contribution >= 0.6 is 0 Å². The molecule has 1 amide bonds. The molecule has 1 saturated heterocycles. The van der Waals surface area contributed by atoms with Crippen LogP contribution in [-0.4, -0.2) is 36.4 Å².